The minimum atomic E-state index is -3.82. The van der Waals surface area contributed by atoms with Crippen molar-refractivity contribution in [1.82, 2.24) is 14.6 Å². The van der Waals surface area contributed by atoms with Crippen molar-refractivity contribution in [2.45, 2.75) is 4.90 Å². The number of carbonyl (C=O) groups excluding carboxylic acids is 1. The predicted octanol–water partition coefficient (Wildman–Crippen LogP) is 5.17. The molecule has 0 aliphatic rings. The second kappa shape index (κ2) is 8.68. The van der Waals surface area contributed by atoms with Crippen LogP contribution in [-0.2, 0) is 10.0 Å². The van der Waals surface area contributed by atoms with Gasteiger partial charge >= 0.3 is 0 Å². The van der Waals surface area contributed by atoms with Gasteiger partial charge in [0.05, 0.1) is 32.9 Å². The number of hydrogen-bond acceptors (Lipinski definition) is 6. The summed E-state index contributed by atoms with van der Waals surface area (Å²) in [5.41, 5.74) is 2.69. The molecule has 170 valence electrons. The zero-order valence-electron chi connectivity index (χ0n) is 17.8. The Morgan fingerprint density at radius 2 is 1.88 bits per heavy atom. The maximum Gasteiger partial charge on any atom is 0.264 e. The standard InChI is InChI=1S/C24H17ClN4O3S2/c1-28(34(31,32)19-8-3-6-17(25)14-19)18-7-2-5-16(13-18)21-10-11-26-24-20(15-27-29(21)24)23(30)22-9-4-12-33-22/h2-15H,1H3. The fourth-order valence-electron chi connectivity index (χ4n) is 3.60. The Hall–Kier alpha value is -3.53. The first-order valence-electron chi connectivity index (χ1n) is 10.1. The maximum absolute atomic E-state index is 13.1. The van der Waals surface area contributed by atoms with Crippen LogP contribution in [0.15, 0.2) is 89.4 Å². The number of halogens is 1. The summed E-state index contributed by atoms with van der Waals surface area (Å²) in [5, 5.41) is 6.58. The second-order valence-electron chi connectivity index (χ2n) is 7.41. The number of rotatable bonds is 6. The number of ketones is 1. The van der Waals surface area contributed by atoms with Crippen molar-refractivity contribution >= 4 is 50.1 Å². The van der Waals surface area contributed by atoms with E-state index in [0.29, 0.717) is 32.5 Å². The fraction of sp³-hybridized carbons (Fsp3) is 0.0417. The molecule has 3 heterocycles. The molecule has 34 heavy (non-hydrogen) atoms. The van der Waals surface area contributed by atoms with Gasteiger partial charge in [0, 0.05) is 23.8 Å². The SMILES string of the molecule is CN(c1cccc(-c2ccnc3c(C(=O)c4cccs4)cnn23)c1)S(=O)(=O)c1cccc(Cl)c1. The fourth-order valence-corrected chi connectivity index (χ4v) is 5.76. The molecule has 10 heteroatoms. The van der Waals surface area contributed by atoms with Gasteiger partial charge in [0.2, 0.25) is 5.78 Å². The van der Waals surface area contributed by atoms with Crippen LogP contribution < -0.4 is 4.31 Å². The van der Waals surface area contributed by atoms with E-state index in [-0.39, 0.29) is 10.7 Å². The monoisotopic (exact) mass is 508 g/mol. The topological polar surface area (TPSA) is 84.6 Å². The summed E-state index contributed by atoms with van der Waals surface area (Å²) in [6.07, 6.45) is 3.12. The van der Waals surface area contributed by atoms with Crippen LogP contribution in [0.5, 0.6) is 0 Å². The molecule has 0 N–H and O–H groups in total. The molecule has 0 saturated carbocycles. The van der Waals surface area contributed by atoms with Crippen molar-refractivity contribution in [3.63, 3.8) is 0 Å². The Morgan fingerprint density at radius 1 is 1.06 bits per heavy atom. The van der Waals surface area contributed by atoms with Crippen molar-refractivity contribution in [3.05, 3.63) is 100.0 Å². The molecule has 0 spiro atoms. The highest BCUT2D eigenvalue weighted by molar-refractivity contribution is 7.92. The van der Waals surface area contributed by atoms with Crippen molar-refractivity contribution < 1.29 is 13.2 Å². The van der Waals surface area contributed by atoms with E-state index < -0.39 is 10.0 Å². The lowest BCUT2D eigenvalue weighted by molar-refractivity contribution is 0.104. The number of fused-ring (bicyclic) bond motifs is 1. The molecule has 7 nitrogen and oxygen atoms in total. The van der Waals surface area contributed by atoms with Gasteiger partial charge in [0.15, 0.2) is 5.65 Å². The molecule has 0 amide bonds. The molecule has 0 radical (unpaired) electrons. The molecule has 2 aromatic carbocycles. The zero-order valence-corrected chi connectivity index (χ0v) is 20.2. The van der Waals surface area contributed by atoms with E-state index in [1.54, 1.807) is 53.2 Å². The Balaban J connectivity index is 1.55. The van der Waals surface area contributed by atoms with E-state index in [2.05, 4.69) is 10.1 Å². The molecule has 5 aromatic rings. The van der Waals surface area contributed by atoms with Crippen LogP contribution in [0.25, 0.3) is 16.9 Å². The lowest BCUT2D eigenvalue weighted by Gasteiger charge is -2.20. The van der Waals surface area contributed by atoms with E-state index in [1.807, 2.05) is 17.5 Å². The van der Waals surface area contributed by atoms with Gasteiger partial charge in [0.1, 0.15) is 0 Å². The number of aromatic nitrogens is 3. The Morgan fingerprint density at radius 3 is 2.65 bits per heavy atom. The number of nitrogens with zero attached hydrogens (tertiary/aromatic N) is 4. The smallest absolute Gasteiger partial charge is 0.264 e. The quantitative estimate of drug-likeness (QED) is 0.295. The number of anilines is 1. The molecular formula is C24H17ClN4O3S2. The predicted molar refractivity (Wildman–Crippen MR) is 133 cm³/mol. The van der Waals surface area contributed by atoms with Crippen LogP contribution in [0.4, 0.5) is 5.69 Å². The molecule has 0 aliphatic heterocycles. The van der Waals surface area contributed by atoms with Gasteiger partial charge in [-0.05, 0) is 47.8 Å². The lowest BCUT2D eigenvalue weighted by Crippen LogP contribution is -2.26. The number of benzene rings is 2. The van der Waals surface area contributed by atoms with Gasteiger partial charge in [-0.1, -0.05) is 35.9 Å². The maximum atomic E-state index is 13.1. The molecule has 0 unspecified atom stereocenters. The molecule has 5 rings (SSSR count). The summed E-state index contributed by atoms with van der Waals surface area (Å²) < 4.78 is 29.1. The van der Waals surface area contributed by atoms with Crippen LogP contribution in [-0.4, -0.2) is 35.8 Å². The first-order valence-corrected chi connectivity index (χ1v) is 12.8. The van der Waals surface area contributed by atoms with E-state index in [4.69, 9.17) is 11.6 Å². The number of thiophene rings is 1. The number of carbonyl (C=O) groups is 1. The highest BCUT2D eigenvalue weighted by Crippen LogP contribution is 2.29. The summed E-state index contributed by atoms with van der Waals surface area (Å²) >= 11 is 7.36. The molecule has 0 bridgehead atoms. The third-order valence-corrected chi connectivity index (χ3v) is 8.24. The second-order valence-corrected chi connectivity index (χ2v) is 10.8. The Kier molecular flexibility index (Phi) is 5.68. The molecule has 0 atom stereocenters. The van der Waals surface area contributed by atoms with Crippen LogP contribution in [0.2, 0.25) is 5.02 Å². The van der Waals surface area contributed by atoms with Gasteiger partial charge in [-0.15, -0.1) is 11.3 Å². The average molecular weight is 509 g/mol. The molecular weight excluding hydrogens is 492 g/mol. The van der Waals surface area contributed by atoms with Crippen LogP contribution >= 0.6 is 22.9 Å². The van der Waals surface area contributed by atoms with Crippen LogP contribution in [0, 0.1) is 0 Å². The van der Waals surface area contributed by atoms with E-state index >= 15 is 0 Å². The minimum Gasteiger partial charge on any atom is -0.287 e. The highest BCUT2D eigenvalue weighted by Gasteiger charge is 2.23. The molecule has 3 aromatic heterocycles. The van der Waals surface area contributed by atoms with Gasteiger partial charge in [-0.25, -0.2) is 17.9 Å². The summed E-state index contributed by atoms with van der Waals surface area (Å²) in [5.74, 6) is -0.143. The first-order chi connectivity index (χ1) is 16.4. The molecule has 0 fully saturated rings. The largest absolute Gasteiger partial charge is 0.287 e. The molecule has 0 aliphatic carbocycles. The summed E-state index contributed by atoms with van der Waals surface area (Å²) in [6, 6.07) is 18.6. The van der Waals surface area contributed by atoms with E-state index in [1.165, 1.54) is 41.0 Å². The van der Waals surface area contributed by atoms with E-state index in [0.717, 1.165) is 5.56 Å². The zero-order chi connectivity index (χ0) is 23.9. The minimum absolute atomic E-state index is 0.100. The third kappa shape index (κ3) is 3.87. The van der Waals surface area contributed by atoms with Crippen molar-refractivity contribution in [2.24, 2.45) is 0 Å². The van der Waals surface area contributed by atoms with Gasteiger partial charge in [-0.2, -0.15) is 5.10 Å². The summed E-state index contributed by atoms with van der Waals surface area (Å²) in [7, 11) is -2.33. The Labute approximate surface area is 204 Å². The third-order valence-electron chi connectivity index (χ3n) is 5.35. The van der Waals surface area contributed by atoms with Crippen LogP contribution in [0.3, 0.4) is 0 Å². The average Bonchev–Trinajstić information content (AvgIpc) is 3.53. The van der Waals surface area contributed by atoms with Gasteiger partial charge < -0.3 is 0 Å². The van der Waals surface area contributed by atoms with Gasteiger partial charge in [0.25, 0.3) is 10.0 Å². The highest BCUT2D eigenvalue weighted by atomic mass is 35.5. The van der Waals surface area contributed by atoms with Gasteiger partial charge in [-0.3, -0.25) is 9.10 Å². The normalized spacial score (nSPS) is 11.6. The number of sulfonamides is 1. The number of hydrogen-bond donors (Lipinski definition) is 0. The summed E-state index contributed by atoms with van der Waals surface area (Å²) in [6.45, 7) is 0. The Bertz CT molecular complexity index is 1630. The van der Waals surface area contributed by atoms with Crippen LogP contribution in [0.1, 0.15) is 15.2 Å². The van der Waals surface area contributed by atoms with Crippen molar-refractivity contribution in [2.75, 3.05) is 11.4 Å². The van der Waals surface area contributed by atoms with Crippen molar-refractivity contribution in [3.8, 4) is 11.3 Å². The lowest BCUT2D eigenvalue weighted by atomic mass is 10.1. The summed E-state index contributed by atoms with van der Waals surface area (Å²) in [4.78, 5) is 18.0. The van der Waals surface area contributed by atoms with Crippen molar-refractivity contribution in [1.29, 1.82) is 0 Å². The van der Waals surface area contributed by atoms with E-state index in [9.17, 15) is 13.2 Å². The molecule has 0 saturated heterocycles. The first kappa shape index (κ1) is 22.3.